The molecule has 2 aromatic carbocycles. The standard InChI is InChI=1S/C20H22N2O2S2/c1-25-19(13-15-9-5-3-6-10-15)17(23)22-20(26-2,18(24)21-19)14-16-11-7-4-8-12-16/h3-12H,13-14H2,1-2H3,(H,21,24)(H,22,23)/t19-,20-/m0/s1. The Bertz CT molecular complexity index is 717. The summed E-state index contributed by atoms with van der Waals surface area (Å²) < 4.78 is 0. The van der Waals surface area contributed by atoms with Gasteiger partial charge in [0.05, 0.1) is 0 Å². The van der Waals surface area contributed by atoms with Crippen LogP contribution in [0.25, 0.3) is 0 Å². The number of nitrogens with one attached hydrogen (secondary N) is 2. The second-order valence-electron chi connectivity index (χ2n) is 6.30. The molecular weight excluding hydrogens is 364 g/mol. The Morgan fingerprint density at radius 2 is 1.04 bits per heavy atom. The summed E-state index contributed by atoms with van der Waals surface area (Å²) in [6.45, 7) is 0. The van der Waals surface area contributed by atoms with E-state index in [2.05, 4.69) is 10.6 Å². The van der Waals surface area contributed by atoms with Gasteiger partial charge in [0, 0.05) is 12.8 Å². The third-order valence-corrected chi connectivity index (χ3v) is 6.91. The summed E-state index contributed by atoms with van der Waals surface area (Å²) >= 11 is 2.73. The van der Waals surface area contributed by atoms with Gasteiger partial charge in [-0.1, -0.05) is 60.7 Å². The Balaban J connectivity index is 1.87. The lowest BCUT2D eigenvalue weighted by atomic mass is 9.97. The third-order valence-electron chi connectivity index (χ3n) is 4.65. The van der Waals surface area contributed by atoms with E-state index in [1.54, 1.807) is 0 Å². The number of amides is 2. The highest BCUT2D eigenvalue weighted by molar-refractivity contribution is 8.01. The first-order valence-electron chi connectivity index (χ1n) is 8.37. The van der Waals surface area contributed by atoms with Crippen molar-refractivity contribution in [3.8, 4) is 0 Å². The second-order valence-corrected chi connectivity index (χ2v) is 8.51. The van der Waals surface area contributed by atoms with Gasteiger partial charge in [0.1, 0.15) is 0 Å². The van der Waals surface area contributed by atoms with E-state index in [9.17, 15) is 9.59 Å². The minimum atomic E-state index is -0.992. The number of carbonyl (C=O) groups is 2. The van der Waals surface area contributed by atoms with Crippen molar-refractivity contribution in [1.82, 2.24) is 10.6 Å². The van der Waals surface area contributed by atoms with E-state index in [1.165, 1.54) is 23.5 Å². The van der Waals surface area contributed by atoms with Crippen LogP contribution in [0.15, 0.2) is 60.7 Å². The molecule has 2 atom stereocenters. The van der Waals surface area contributed by atoms with E-state index in [4.69, 9.17) is 0 Å². The highest BCUT2D eigenvalue weighted by atomic mass is 32.2. The summed E-state index contributed by atoms with van der Waals surface area (Å²) in [6, 6.07) is 19.5. The number of rotatable bonds is 6. The maximum atomic E-state index is 13.1. The monoisotopic (exact) mass is 386 g/mol. The molecule has 3 rings (SSSR count). The molecule has 0 unspecified atom stereocenters. The number of benzene rings is 2. The number of carbonyl (C=O) groups excluding carboxylic acids is 2. The summed E-state index contributed by atoms with van der Waals surface area (Å²) in [5, 5.41) is 6.06. The average molecular weight is 387 g/mol. The molecule has 2 N–H and O–H groups in total. The SMILES string of the molecule is CS[C@]1(Cc2ccccc2)NC(=O)[C@](Cc2ccccc2)(SC)NC1=O. The van der Waals surface area contributed by atoms with Crippen LogP contribution in [0.3, 0.4) is 0 Å². The third kappa shape index (κ3) is 3.62. The van der Waals surface area contributed by atoms with Crippen LogP contribution in [0.1, 0.15) is 11.1 Å². The van der Waals surface area contributed by atoms with Gasteiger partial charge in [0.25, 0.3) is 11.8 Å². The van der Waals surface area contributed by atoms with Crippen molar-refractivity contribution in [2.24, 2.45) is 0 Å². The summed E-state index contributed by atoms with van der Waals surface area (Å²) in [5.41, 5.74) is 2.02. The van der Waals surface area contributed by atoms with Gasteiger partial charge in [-0.15, -0.1) is 23.5 Å². The first kappa shape index (κ1) is 18.9. The molecule has 1 saturated heterocycles. The van der Waals surface area contributed by atoms with Crippen molar-refractivity contribution >= 4 is 35.3 Å². The average Bonchev–Trinajstić information content (AvgIpc) is 2.67. The maximum Gasteiger partial charge on any atom is 0.258 e. The van der Waals surface area contributed by atoms with E-state index >= 15 is 0 Å². The van der Waals surface area contributed by atoms with Crippen LogP contribution in [-0.4, -0.2) is 34.1 Å². The number of hydrogen-bond donors (Lipinski definition) is 2. The molecule has 1 aliphatic rings. The Kier molecular flexibility index (Phi) is 5.63. The van der Waals surface area contributed by atoms with Crippen LogP contribution in [0.2, 0.25) is 0 Å². The molecule has 0 aromatic heterocycles. The summed E-state index contributed by atoms with van der Waals surface area (Å²) in [4.78, 5) is 24.2. The van der Waals surface area contributed by atoms with Gasteiger partial charge in [0.15, 0.2) is 9.74 Å². The first-order valence-corrected chi connectivity index (χ1v) is 10.8. The predicted molar refractivity (Wildman–Crippen MR) is 109 cm³/mol. The molecule has 1 heterocycles. The number of piperazine rings is 1. The van der Waals surface area contributed by atoms with Crippen LogP contribution in [0, 0.1) is 0 Å². The zero-order valence-corrected chi connectivity index (χ0v) is 16.5. The van der Waals surface area contributed by atoms with Crippen LogP contribution in [0.4, 0.5) is 0 Å². The highest BCUT2D eigenvalue weighted by Gasteiger charge is 2.53. The van der Waals surface area contributed by atoms with Crippen LogP contribution < -0.4 is 10.6 Å². The lowest BCUT2D eigenvalue weighted by Crippen LogP contribution is -2.73. The Hall–Kier alpha value is -1.92. The summed E-state index contributed by atoms with van der Waals surface area (Å²) in [5.74, 6) is -0.308. The van der Waals surface area contributed by atoms with Gasteiger partial charge < -0.3 is 10.6 Å². The molecular formula is C20H22N2O2S2. The molecule has 4 nitrogen and oxygen atoms in total. The summed E-state index contributed by atoms with van der Waals surface area (Å²) in [7, 11) is 0. The number of hydrogen-bond acceptors (Lipinski definition) is 4. The van der Waals surface area contributed by atoms with Crippen molar-refractivity contribution in [2.45, 2.75) is 22.6 Å². The van der Waals surface area contributed by atoms with Crippen molar-refractivity contribution in [3.05, 3.63) is 71.8 Å². The van der Waals surface area contributed by atoms with Crippen LogP contribution in [0.5, 0.6) is 0 Å². The molecule has 136 valence electrons. The molecule has 2 amide bonds. The fraction of sp³-hybridized carbons (Fsp3) is 0.300. The zero-order valence-electron chi connectivity index (χ0n) is 14.8. The van der Waals surface area contributed by atoms with Crippen molar-refractivity contribution in [2.75, 3.05) is 12.5 Å². The Morgan fingerprint density at radius 1 is 0.692 bits per heavy atom. The highest BCUT2D eigenvalue weighted by Crippen LogP contribution is 2.35. The zero-order chi connectivity index (χ0) is 18.6. The molecule has 0 spiro atoms. The molecule has 0 aliphatic carbocycles. The second kappa shape index (κ2) is 7.76. The molecule has 0 saturated carbocycles. The van der Waals surface area contributed by atoms with Crippen molar-refractivity contribution < 1.29 is 9.59 Å². The fourth-order valence-corrected chi connectivity index (χ4v) is 4.61. The van der Waals surface area contributed by atoms with Crippen LogP contribution in [-0.2, 0) is 22.4 Å². The Morgan fingerprint density at radius 3 is 1.35 bits per heavy atom. The van der Waals surface area contributed by atoms with E-state index in [0.717, 1.165) is 11.1 Å². The van der Waals surface area contributed by atoms with E-state index < -0.39 is 9.74 Å². The largest absolute Gasteiger partial charge is 0.330 e. The molecule has 0 bridgehead atoms. The molecule has 26 heavy (non-hydrogen) atoms. The Labute approximate surface area is 162 Å². The predicted octanol–water partition coefficient (Wildman–Crippen LogP) is 2.84. The lowest BCUT2D eigenvalue weighted by molar-refractivity contribution is -0.139. The molecule has 2 aromatic rings. The minimum Gasteiger partial charge on any atom is -0.330 e. The summed E-state index contributed by atoms with van der Waals surface area (Å²) in [6.07, 6.45) is 4.60. The van der Waals surface area contributed by atoms with E-state index in [1.807, 2.05) is 73.2 Å². The van der Waals surface area contributed by atoms with Gasteiger partial charge in [-0.3, -0.25) is 9.59 Å². The fourth-order valence-electron chi connectivity index (χ4n) is 3.13. The van der Waals surface area contributed by atoms with E-state index in [0.29, 0.717) is 12.8 Å². The molecule has 6 heteroatoms. The molecule has 0 radical (unpaired) electrons. The molecule has 1 fully saturated rings. The maximum absolute atomic E-state index is 13.1. The van der Waals surface area contributed by atoms with Crippen molar-refractivity contribution in [3.63, 3.8) is 0 Å². The van der Waals surface area contributed by atoms with Crippen LogP contribution >= 0.6 is 23.5 Å². The quantitative estimate of drug-likeness (QED) is 0.802. The molecule has 1 aliphatic heterocycles. The topological polar surface area (TPSA) is 58.2 Å². The van der Waals surface area contributed by atoms with Gasteiger partial charge in [-0.2, -0.15) is 0 Å². The number of thioether (sulfide) groups is 2. The van der Waals surface area contributed by atoms with Crippen molar-refractivity contribution in [1.29, 1.82) is 0 Å². The van der Waals surface area contributed by atoms with E-state index in [-0.39, 0.29) is 11.8 Å². The smallest absolute Gasteiger partial charge is 0.258 e. The normalized spacial score (nSPS) is 25.5. The van der Waals surface area contributed by atoms with Gasteiger partial charge in [-0.25, -0.2) is 0 Å². The lowest BCUT2D eigenvalue weighted by Gasteiger charge is -2.44. The van der Waals surface area contributed by atoms with Gasteiger partial charge >= 0.3 is 0 Å². The minimum absolute atomic E-state index is 0.154. The van der Waals surface area contributed by atoms with Gasteiger partial charge in [-0.05, 0) is 23.6 Å². The van der Waals surface area contributed by atoms with Gasteiger partial charge in [0.2, 0.25) is 0 Å². The first-order chi connectivity index (χ1) is 12.5.